The summed E-state index contributed by atoms with van der Waals surface area (Å²) in [6.07, 6.45) is 7.68. The van der Waals surface area contributed by atoms with Gasteiger partial charge in [0.2, 0.25) is 5.91 Å². The average Bonchev–Trinajstić information content (AvgIpc) is 3.46. The highest BCUT2D eigenvalue weighted by atomic mass is 32.1. The van der Waals surface area contributed by atoms with Crippen molar-refractivity contribution >= 4 is 45.8 Å². The van der Waals surface area contributed by atoms with Crippen molar-refractivity contribution < 1.29 is 14.3 Å². The molecule has 146 valence electrons. The minimum atomic E-state index is -0.409. The highest BCUT2D eigenvalue weighted by molar-refractivity contribution is 7.16. The number of aromatic nitrogens is 1. The van der Waals surface area contributed by atoms with Crippen LogP contribution in [0.25, 0.3) is 6.08 Å². The van der Waals surface area contributed by atoms with Gasteiger partial charge in [0.25, 0.3) is 0 Å². The first kappa shape index (κ1) is 19.2. The minimum absolute atomic E-state index is 0.245. The second kappa shape index (κ2) is 8.47. The number of amides is 1. The van der Waals surface area contributed by atoms with E-state index in [2.05, 4.69) is 11.4 Å². The van der Waals surface area contributed by atoms with Crippen LogP contribution in [0, 0.1) is 11.3 Å². The Balaban J connectivity index is 1.45. The van der Waals surface area contributed by atoms with E-state index >= 15 is 0 Å². The molecule has 0 spiro atoms. The Bertz CT molecular complexity index is 1090. The number of thiophene rings is 2. The molecule has 0 aromatic carbocycles. The zero-order chi connectivity index (χ0) is 20.2. The van der Waals surface area contributed by atoms with Crippen molar-refractivity contribution in [1.29, 1.82) is 5.26 Å². The number of anilines is 1. The highest BCUT2D eigenvalue weighted by Gasteiger charge is 2.28. The minimum Gasteiger partial charge on any atom is -0.445 e. The third-order valence-electron chi connectivity index (χ3n) is 4.59. The van der Waals surface area contributed by atoms with Crippen molar-refractivity contribution in [3.63, 3.8) is 0 Å². The molecule has 1 aliphatic carbocycles. The fraction of sp³-hybridized carbons (Fsp3) is 0.190. The van der Waals surface area contributed by atoms with Crippen molar-refractivity contribution in [2.75, 3.05) is 5.32 Å². The first-order valence-electron chi connectivity index (χ1n) is 9.05. The van der Waals surface area contributed by atoms with Gasteiger partial charge in [-0.15, -0.1) is 22.7 Å². The van der Waals surface area contributed by atoms with Crippen LogP contribution >= 0.6 is 22.7 Å². The summed E-state index contributed by atoms with van der Waals surface area (Å²) >= 11 is 2.93. The number of hydrogen-bond donors (Lipinski definition) is 1. The van der Waals surface area contributed by atoms with Crippen molar-refractivity contribution in [2.45, 2.75) is 25.4 Å². The number of nitrogens with one attached hydrogen (secondary N) is 1. The van der Waals surface area contributed by atoms with Gasteiger partial charge < -0.3 is 10.1 Å². The fourth-order valence-corrected chi connectivity index (χ4v) is 5.10. The van der Waals surface area contributed by atoms with Crippen LogP contribution in [0.3, 0.4) is 0 Å². The molecule has 1 N–H and O–H groups in total. The van der Waals surface area contributed by atoms with Crippen LogP contribution in [0.2, 0.25) is 0 Å². The predicted octanol–water partition coefficient (Wildman–Crippen LogP) is 4.68. The summed E-state index contributed by atoms with van der Waals surface area (Å²) in [4.78, 5) is 26.4. The maximum Gasteiger partial charge on any atom is 0.418 e. The Morgan fingerprint density at radius 1 is 1.31 bits per heavy atom. The van der Waals surface area contributed by atoms with Gasteiger partial charge in [-0.05, 0) is 48.1 Å². The summed E-state index contributed by atoms with van der Waals surface area (Å²) in [6.45, 7) is 0. The van der Waals surface area contributed by atoms with E-state index < -0.39 is 6.09 Å². The number of carbonyl (C=O) groups is 2. The van der Waals surface area contributed by atoms with Crippen LogP contribution in [-0.2, 0) is 22.4 Å². The quantitative estimate of drug-likeness (QED) is 0.618. The van der Waals surface area contributed by atoms with Crippen molar-refractivity contribution in [2.24, 2.45) is 0 Å². The van der Waals surface area contributed by atoms with Gasteiger partial charge in [-0.2, -0.15) is 5.26 Å². The predicted molar refractivity (Wildman–Crippen MR) is 113 cm³/mol. The maximum absolute atomic E-state index is 12.3. The normalized spacial score (nSPS) is 15.6. The van der Waals surface area contributed by atoms with E-state index in [1.165, 1.54) is 22.0 Å². The topological polar surface area (TPSA) is 84.1 Å². The molecule has 0 bridgehead atoms. The van der Waals surface area contributed by atoms with E-state index in [1.54, 1.807) is 41.9 Å². The lowest BCUT2D eigenvalue weighted by Crippen LogP contribution is -2.26. The van der Waals surface area contributed by atoms with E-state index in [0.29, 0.717) is 29.8 Å². The molecule has 0 aliphatic heterocycles. The van der Waals surface area contributed by atoms with Crippen LogP contribution in [0.5, 0.6) is 0 Å². The fourth-order valence-electron chi connectivity index (χ4n) is 3.22. The lowest BCUT2D eigenvalue weighted by Gasteiger charge is -2.22. The average molecular weight is 424 g/mol. The molecule has 3 heterocycles. The summed E-state index contributed by atoms with van der Waals surface area (Å²) in [6, 6.07) is 9.59. The summed E-state index contributed by atoms with van der Waals surface area (Å²) in [7, 11) is 0. The molecule has 1 unspecified atom stereocenters. The standard InChI is InChI=1S/C21H17N3O3S2/c22-13-17-16-7-5-14(27-21(26)24-9-1-2-10-24)12-18(16)29-20(17)23-19(25)8-6-15-4-3-11-28-15/h1-4,6,8-11,14H,5,7,12H2,(H,23,25). The van der Waals surface area contributed by atoms with Gasteiger partial charge in [0.1, 0.15) is 17.2 Å². The summed E-state index contributed by atoms with van der Waals surface area (Å²) in [5, 5.41) is 14.9. The Morgan fingerprint density at radius 3 is 2.86 bits per heavy atom. The van der Waals surface area contributed by atoms with Crippen LogP contribution in [0.4, 0.5) is 9.80 Å². The third kappa shape index (κ3) is 4.31. The molecule has 1 atom stereocenters. The lowest BCUT2D eigenvalue weighted by molar-refractivity contribution is -0.111. The number of carbonyl (C=O) groups excluding carboxylic acids is 2. The molecule has 29 heavy (non-hydrogen) atoms. The van der Waals surface area contributed by atoms with Gasteiger partial charge >= 0.3 is 6.09 Å². The van der Waals surface area contributed by atoms with Crippen LogP contribution in [0.15, 0.2) is 48.1 Å². The van der Waals surface area contributed by atoms with Crippen molar-refractivity contribution in [1.82, 2.24) is 4.57 Å². The monoisotopic (exact) mass is 423 g/mol. The molecule has 3 aromatic rings. The molecule has 8 heteroatoms. The van der Waals surface area contributed by atoms with Gasteiger partial charge in [0.15, 0.2) is 0 Å². The molecule has 0 fully saturated rings. The smallest absolute Gasteiger partial charge is 0.418 e. The molecule has 1 amide bonds. The molecule has 6 nitrogen and oxygen atoms in total. The zero-order valence-electron chi connectivity index (χ0n) is 15.3. The number of nitrogens with zero attached hydrogens (tertiary/aromatic N) is 2. The summed E-state index contributed by atoms with van der Waals surface area (Å²) in [5.41, 5.74) is 1.46. The molecular formula is C21H17N3O3S2. The molecule has 0 saturated carbocycles. The largest absolute Gasteiger partial charge is 0.445 e. The number of nitriles is 1. The van der Waals surface area contributed by atoms with Crippen molar-refractivity contribution in [3.05, 3.63) is 69.0 Å². The Hall–Kier alpha value is -3.15. The van der Waals surface area contributed by atoms with E-state index in [-0.39, 0.29) is 12.0 Å². The Kier molecular flexibility index (Phi) is 5.60. The third-order valence-corrected chi connectivity index (χ3v) is 6.60. The van der Waals surface area contributed by atoms with Crippen molar-refractivity contribution in [3.8, 4) is 6.07 Å². The van der Waals surface area contributed by atoms with E-state index in [1.807, 2.05) is 17.5 Å². The number of hydrogen-bond acceptors (Lipinski definition) is 6. The van der Waals surface area contributed by atoms with Gasteiger partial charge in [0, 0.05) is 34.6 Å². The number of ether oxygens (including phenoxy) is 1. The maximum atomic E-state index is 12.3. The lowest BCUT2D eigenvalue weighted by atomic mass is 9.94. The van der Waals surface area contributed by atoms with Gasteiger partial charge in [-0.1, -0.05) is 6.07 Å². The first-order chi connectivity index (χ1) is 14.1. The Morgan fingerprint density at radius 2 is 2.14 bits per heavy atom. The van der Waals surface area contributed by atoms with Gasteiger partial charge in [0.05, 0.1) is 5.56 Å². The molecule has 3 aromatic heterocycles. The Labute approximate surface area is 175 Å². The van der Waals surface area contributed by atoms with Gasteiger partial charge in [-0.25, -0.2) is 4.79 Å². The van der Waals surface area contributed by atoms with Crippen LogP contribution in [-0.4, -0.2) is 22.7 Å². The van der Waals surface area contributed by atoms with Gasteiger partial charge in [-0.3, -0.25) is 9.36 Å². The molecular weight excluding hydrogens is 406 g/mol. The molecule has 0 saturated heterocycles. The zero-order valence-corrected chi connectivity index (χ0v) is 17.0. The second-order valence-electron chi connectivity index (χ2n) is 6.50. The van der Waals surface area contributed by atoms with E-state index in [0.717, 1.165) is 15.3 Å². The van der Waals surface area contributed by atoms with E-state index in [9.17, 15) is 14.9 Å². The number of rotatable bonds is 4. The SMILES string of the molecule is N#Cc1c(NC(=O)C=Cc2cccs2)sc2c1CCC(OC(=O)n1cccc1)C2. The molecule has 1 aliphatic rings. The second-order valence-corrected chi connectivity index (χ2v) is 8.58. The molecule has 0 radical (unpaired) electrons. The molecule has 4 rings (SSSR count). The number of fused-ring (bicyclic) bond motifs is 1. The highest BCUT2D eigenvalue weighted by Crippen LogP contribution is 2.38. The summed E-state index contributed by atoms with van der Waals surface area (Å²) < 4.78 is 6.99. The van der Waals surface area contributed by atoms with Crippen LogP contribution in [0.1, 0.15) is 27.3 Å². The summed E-state index contributed by atoms with van der Waals surface area (Å²) in [5.74, 6) is -0.274. The first-order valence-corrected chi connectivity index (χ1v) is 10.7. The van der Waals surface area contributed by atoms with E-state index in [4.69, 9.17) is 4.74 Å². The van der Waals surface area contributed by atoms with Crippen LogP contribution < -0.4 is 5.32 Å².